The lowest BCUT2D eigenvalue weighted by Gasteiger charge is -2.33. The van der Waals surface area contributed by atoms with E-state index in [2.05, 4.69) is 34.9 Å². The van der Waals surface area contributed by atoms with E-state index in [1.54, 1.807) is 5.56 Å². The molecule has 2 aliphatic heterocycles. The molecular formula is C16H24N2O. The van der Waals surface area contributed by atoms with Gasteiger partial charge in [0.25, 0.3) is 0 Å². The first-order chi connectivity index (χ1) is 9.33. The highest BCUT2D eigenvalue weighted by molar-refractivity contribution is 5.36. The van der Waals surface area contributed by atoms with Crippen LogP contribution in [0.4, 0.5) is 0 Å². The standard InChI is InChI=1S/C16H24N2O/c1-14-3-2-4-15-13-18(6-5-16(14)15)8-7-17-9-11-19-12-10-17/h2-4H,5-13H2,1H3. The average Bonchev–Trinajstić information content (AvgIpc) is 2.46. The van der Waals surface area contributed by atoms with Gasteiger partial charge in [-0.05, 0) is 30.0 Å². The molecule has 0 saturated carbocycles. The summed E-state index contributed by atoms with van der Waals surface area (Å²) >= 11 is 0. The van der Waals surface area contributed by atoms with E-state index >= 15 is 0 Å². The number of nitrogens with zero attached hydrogens (tertiary/aromatic N) is 2. The molecule has 2 aliphatic rings. The minimum atomic E-state index is 0.905. The highest BCUT2D eigenvalue weighted by Crippen LogP contribution is 2.21. The molecule has 104 valence electrons. The minimum absolute atomic E-state index is 0.905. The van der Waals surface area contributed by atoms with Crippen LogP contribution in [0.5, 0.6) is 0 Å². The first kappa shape index (κ1) is 13.1. The minimum Gasteiger partial charge on any atom is -0.379 e. The fourth-order valence-electron chi connectivity index (χ4n) is 3.16. The molecule has 1 aromatic rings. The average molecular weight is 260 g/mol. The van der Waals surface area contributed by atoms with Gasteiger partial charge in [0, 0.05) is 39.3 Å². The Bertz CT molecular complexity index is 427. The number of ether oxygens (including phenoxy) is 1. The van der Waals surface area contributed by atoms with Crippen LogP contribution in [0.15, 0.2) is 18.2 Å². The Morgan fingerprint density at radius 2 is 1.84 bits per heavy atom. The molecule has 0 radical (unpaired) electrons. The monoisotopic (exact) mass is 260 g/mol. The van der Waals surface area contributed by atoms with Gasteiger partial charge in [-0.3, -0.25) is 9.80 Å². The van der Waals surface area contributed by atoms with Gasteiger partial charge in [-0.15, -0.1) is 0 Å². The molecule has 0 N–H and O–H groups in total. The van der Waals surface area contributed by atoms with Crippen molar-refractivity contribution in [3.05, 3.63) is 34.9 Å². The number of benzene rings is 1. The molecule has 1 saturated heterocycles. The number of aryl methyl sites for hydroxylation is 1. The van der Waals surface area contributed by atoms with Crippen LogP contribution in [0.1, 0.15) is 16.7 Å². The highest BCUT2D eigenvalue weighted by Gasteiger charge is 2.18. The lowest BCUT2D eigenvalue weighted by Crippen LogP contribution is -2.42. The van der Waals surface area contributed by atoms with E-state index in [9.17, 15) is 0 Å². The first-order valence-corrected chi connectivity index (χ1v) is 7.43. The van der Waals surface area contributed by atoms with Crippen molar-refractivity contribution in [3.63, 3.8) is 0 Å². The summed E-state index contributed by atoms with van der Waals surface area (Å²) < 4.78 is 5.40. The third-order valence-corrected chi connectivity index (χ3v) is 4.42. The normalized spacial score (nSPS) is 21.3. The second-order valence-electron chi connectivity index (χ2n) is 5.69. The second kappa shape index (κ2) is 6.04. The van der Waals surface area contributed by atoms with Crippen LogP contribution in [0.3, 0.4) is 0 Å². The van der Waals surface area contributed by atoms with Crippen LogP contribution in [-0.4, -0.2) is 55.7 Å². The summed E-state index contributed by atoms with van der Waals surface area (Å²) in [6, 6.07) is 6.73. The van der Waals surface area contributed by atoms with Crippen molar-refractivity contribution in [1.82, 2.24) is 9.80 Å². The van der Waals surface area contributed by atoms with Gasteiger partial charge >= 0.3 is 0 Å². The number of rotatable bonds is 3. The quantitative estimate of drug-likeness (QED) is 0.822. The van der Waals surface area contributed by atoms with Gasteiger partial charge in [0.05, 0.1) is 13.2 Å². The van der Waals surface area contributed by atoms with Crippen molar-refractivity contribution in [2.24, 2.45) is 0 Å². The Kier molecular flexibility index (Phi) is 4.16. The topological polar surface area (TPSA) is 15.7 Å². The number of hydrogen-bond acceptors (Lipinski definition) is 3. The molecule has 0 spiro atoms. The van der Waals surface area contributed by atoms with Crippen LogP contribution in [-0.2, 0) is 17.7 Å². The van der Waals surface area contributed by atoms with E-state index in [-0.39, 0.29) is 0 Å². The van der Waals surface area contributed by atoms with Crippen molar-refractivity contribution in [1.29, 1.82) is 0 Å². The van der Waals surface area contributed by atoms with Crippen LogP contribution >= 0.6 is 0 Å². The molecule has 0 amide bonds. The Morgan fingerprint density at radius 3 is 2.68 bits per heavy atom. The van der Waals surface area contributed by atoms with Crippen molar-refractivity contribution in [2.45, 2.75) is 19.9 Å². The second-order valence-corrected chi connectivity index (χ2v) is 5.69. The van der Waals surface area contributed by atoms with Crippen molar-refractivity contribution in [3.8, 4) is 0 Å². The summed E-state index contributed by atoms with van der Waals surface area (Å²) in [5.74, 6) is 0. The Balaban J connectivity index is 1.54. The summed E-state index contributed by atoms with van der Waals surface area (Å²) in [6.07, 6.45) is 1.21. The molecule has 0 bridgehead atoms. The first-order valence-electron chi connectivity index (χ1n) is 7.43. The van der Waals surface area contributed by atoms with Crippen LogP contribution < -0.4 is 0 Å². The van der Waals surface area contributed by atoms with Crippen LogP contribution in [0.2, 0.25) is 0 Å². The predicted octanol–water partition coefficient (Wildman–Crippen LogP) is 1.69. The molecule has 2 heterocycles. The van der Waals surface area contributed by atoms with E-state index in [1.807, 2.05) is 0 Å². The molecular weight excluding hydrogens is 236 g/mol. The summed E-state index contributed by atoms with van der Waals surface area (Å²) in [5.41, 5.74) is 4.59. The van der Waals surface area contributed by atoms with Crippen molar-refractivity contribution >= 4 is 0 Å². The van der Waals surface area contributed by atoms with Crippen molar-refractivity contribution in [2.75, 3.05) is 45.9 Å². The molecule has 3 heteroatoms. The molecule has 3 rings (SSSR count). The van der Waals surface area contributed by atoms with E-state index in [4.69, 9.17) is 4.74 Å². The summed E-state index contributed by atoms with van der Waals surface area (Å²) in [7, 11) is 0. The molecule has 0 aliphatic carbocycles. The molecule has 1 aromatic carbocycles. The molecule has 1 fully saturated rings. The largest absolute Gasteiger partial charge is 0.379 e. The molecule has 0 aromatic heterocycles. The maximum absolute atomic E-state index is 5.40. The number of hydrogen-bond donors (Lipinski definition) is 0. The van der Waals surface area contributed by atoms with Gasteiger partial charge in [-0.25, -0.2) is 0 Å². The van der Waals surface area contributed by atoms with Gasteiger partial charge in [0.1, 0.15) is 0 Å². The summed E-state index contributed by atoms with van der Waals surface area (Å²) in [4.78, 5) is 5.12. The van der Waals surface area contributed by atoms with Gasteiger partial charge in [0.15, 0.2) is 0 Å². The fourth-order valence-corrected chi connectivity index (χ4v) is 3.16. The fraction of sp³-hybridized carbons (Fsp3) is 0.625. The van der Waals surface area contributed by atoms with Crippen molar-refractivity contribution < 1.29 is 4.74 Å². The summed E-state index contributed by atoms with van der Waals surface area (Å²) in [6.45, 7) is 11.0. The zero-order valence-corrected chi connectivity index (χ0v) is 11.9. The molecule has 19 heavy (non-hydrogen) atoms. The van der Waals surface area contributed by atoms with E-state index in [0.29, 0.717) is 0 Å². The zero-order valence-electron chi connectivity index (χ0n) is 11.9. The highest BCUT2D eigenvalue weighted by atomic mass is 16.5. The summed E-state index contributed by atoms with van der Waals surface area (Å²) in [5, 5.41) is 0. The molecule has 0 unspecified atom stereocenters. The maximum atomic E-state index is 5.40. The van der Waals surface area contributed by atoms with Gasteiger partial charge in [-0.1, -0.05) is 18.2 Å². The van der Waals surface area contributed by atoms with Gasteiger partial charge in [0.2, 0.25) is 0 Å². The third kappa shape index (κ3) is 3.16. The smallest absolute Gasteiger partial charge is 0.0594 e. The van der Waals surface area contributed by atoms with E-state index in [0.717, 1.165) is 32.8 Å². The third-order valence-electron chi connectivity index (χ3n) is 4.42. The lowest BCUT2D eigenvalue weighted by molar-refractivity contribution is 0.0326. The predicted molar refractivity (Wildman–Crippen MR) is 77.4 cm³/mol. The Labute approximate surface area is 116 Å². The lowest BCUT2D eigenvalue weighted by atomic mass is 9.95. The van der Waals surface area contributed by atoms with Gasteiger partial charge < -0.3 is 4.74 Å². The Hall–Kier alpha value is -0.900. The van der Waals surface area contributed by atoms with Crippen LogP contribution in [0, 0.1) is 6.92 Å². The zero-order chi connectivity index (χ0) is 13.1. The SMILES string of the molecule is Cc1cccc2c1CCN(CCN1CCOCC1)C2. The maximum Gasteiger partial charge on any atom is 0.0594 e. The number of fused-ring (bicyclic) bond motifs is 1. The Morgan fingerprint density at radius 1 is 1.05 bits per heavy atom. The van der Waals surface area contributed by atoms with E-state index < -0.39 is 0 Å². The molecule has 3 nitrogen and oxygen atoms in total. The van der Waals surface area contributed by atoms with Crippen LogP contribution in [0.25, 0.3) is 0 Å². The van der Waals surface area contributed by atoms with Gasteiger partial charge in [-0.2, -0.15) is 0 Å². The van der Waals surface area contributed by atoms with E-state index in [1.165, 1.54) is 37.2 Å². The number of morpholine rings is 1. The molecule has 0 atom stereocenters.